The molecule has 0 radical (unpaired) electrons. The summed E-state index contributed by atoms with van der Waals surface area (Å²) in [7, 11) is -3.89. The van der Waals surface area contributed by atoms with Crippen molar-refractivity contribution in [2.24, 2.45) is 11.0 Å². The lowest BCUT2D eigenvalue weighted by atomic mass is 10.0. The minimum Gasteiger partial charge on any atom is -0.423 e. The van der Waals surface area contributed by atoms with E-state index < -0.39 is 27.9 Å². The van der Waals surface area contributed by atoms with Crippen molar-refractivity contribution in [3.63, 3.8) is 0 Å². The van der Waals surface area contributed by atoms with E-state index in [1.807, 2.05) is 20.8 Å². The van der Waals surface area contributed by atoms with Gasteiger partial charge in [0.1, 0.15) is 11.8 Å². The summed E-state index contributed by atoms with van der Waals surface area (Å²) < 4.78 is 33.4. The standard InChI is InChI=1S/C27H28ClN3O5S/c1-18(2)15-25(31-37(34,35)24-13-7-19(3)8-14-24)26(32)30-29-17-20-9-11-23(12-10-20)36-27(33)21-5-4-6-22(28)16-21/h4-14,16-18,25,31H,15H2,1-3H3,(H,30,32)/b29-17-/t25-/m1/s1. The zero-order valence-electron chi connectivity index (χ0n) is 20.6. The number of rotatable bonds is 10. The number of sulfonamides is 1. The molecule has 3 aromatic rings. The Kier molecular flexibility index (Phi) is 9.57. The minimum atomic E-state index is -3.89. The summed E-state index contributed by atoms with van der Waals surface area (Å²) in [6.45, 7) is 5.65. The molecule has 2 N–H and O–H groups in total. The van der Waals surface area contributed by atoms with Crippen molar-refractivity contribution in [1.29, 1.82) is 0 Å². The number of carbonyl (C=O) groups excluding carboxylic acids is 2. The highest BCUT2D eigenvalue weighted by atomic mass is 35.5. The first-order valence-electron chi connectivity index (χ1n) is 11.5. The third-order valence-electron chi connectivity index (χ3n) is 5.19. The topological polar surface area (TPSA) is 114 Å². The monoisotopic (exact) mass is 541 g/mol. The van der Waals surface area contributed by atoms with Crippen LogP contribution in [0.1, 0.15) is 41.8 Å². The highest BCUT2D eigenvalue weighted by Crippen LogP contribution is 2.17. The maximum atomic E-state index is 12.8. The molecular formula is C27H28ClN3O5S. The summed E-state index contributed by atoms with van der Waals surface area (Å²) in [4.78, 5) is 25.1. The van der Waals surface area contributed by atoms with Gasteiger partial charge in [0.15, 0.2) is 0 Å². The number of hydrazone groups is 1. The van der Waals surface area contributed by atoms with Crippen LogP contribution < -0.4 is 14.9 Å². The summed E-state index contributed by atoms with van der Waals surface area (Å²) >= 11 is 5.91. The largest absolute Gasteiger partial charge is 0.423 e. The zero-order chi connectivity index (χ0) is 27.0. The van der Waals surface area contributed by atoms with Crippen LogP contribution in [-0.4, -0.2) is 32.6 Å². The number of nitrogens with one attached hydrogen (secondary N) is 2. The molecule has 0 bridgehead atoms. The molecule has 0 spiro atoms. The number of esters is 1. The Morgan fingerprint density at radius 2 is 1.70 bits per heavy atom. The number of halogens is 1. The van der Waals surface area contributed by atoms with E-state index in [1.165, 1.54) is 24.4 Å². The lowest BCUT2D eigenvalue weighted by Gasteiger charge is -2.19. The molecule has 8 nitrogen and oxygen atoms in total. The van der Waals surface area contributed by atoms with Gasteiger partial charge >= 0.3 is 5.97 Å². The lowest BCUT2D eigenvalue weighted by Crippen LogP contribution is -2.46. The Morgan fingerprint density at radius 1 is 1.03 bits per heavy atom. The second kappa shape index (κ2) is 12.6. The molecule has 0 saturated heterocycles. The normalized spacial score (nSPS) is 12.5. The Hall–Kier alpha value is -3.53. The number of benzene rings is 3. The molecule has 0 heterocycles. The second-order valence-corrected chi connectivity index (χ2v) is 11.0. The molecular weight excluding hydrogens is 514 g/mol. The van der Waals surface area contributed by atoms with Crippen LogP contribution in [0.3, 0.4) is 0 Å². The molecule has 0 aliphatic heterocycles. The molecule has 1 atom stereocenters. The van der Waals surface area contributed by atoms with Gasteiger partial charge in [-0.3, -0.25) is 4.79 Å². The van der Waals surface area contributed by atoms with Crippen LogP contribution in [0.25, 0.3) is 0 Å². The smallest absolute Gasteiger partial charge is 0.343 e. The molecule has 10 heteroatoms. The molecule has 37 heavy (non-hydrogen) atoms. The molecule has 3 rings (SSSR count). The van der Waals surface area contributed by atoms with Crippen LogP contribution in [0, 0.1) is 12.8 Å². The molecule has 1 amide bonds. The van der Waals surface area contributed by atoms with Gasteiger partial charge in [-0.15, -0.1) is 0 Å². The van der Waals surface area contributed by atoms with E-state index in [0.717, 1.165) is 5.56 Å². The quantitative estimate of drug-likeness (QED) is 0.167. The van der Waals surface area contributed by atoms with Crippen LogP contribution in [0.4, 0.5) is 0 Å². The van der Waals surface area contributed by atoms with Gasteiger partial charge in [0.05, 0.1) is 16.7 Å². The van der Waals surface area contributed by atoms with Crippen molar-refractivity contribution >= 4 is 39.7 Å². The first-order valence-corrected chi connectivity index (χ1v) is 13.4. The highest BCUT2D eigenvalue weighted by Gasteiger charge is 2.26. The number of carbonyl (C=O) groups is 2. The Morgan fingerprint density at radius 3 is 2.32 bits per heavy atom. The lowest BCUT2D eigenvalue weighted by molar-refractivity contribution is -0.123. The molecule has 0 fully saturated rings. The van der Waals surface area contributed by atoms with E-state index in [2.05, 4.69) is 15.2 Å². The van der Waals surface area contributed by atoms with Gasteiger partial charge < -0.3 is 4.74 Å². The number of amides is 1. The van der Waals surface area contributed by atoms with E-state index in [9.17, 15) is 18.0 Å². The molecule has 0 unspecified atom stereocenters. The Bertz CT molecular complexity index is 1370. The fourth-order valence-electron chi connectivity index (χ4n) is 3.30. The van der Waals surface area contributed by atoms with Crippen LogP contribution in [0.15, 0.2) is 82.8 Å². The average Bonchev–Trinajstić information content (AvgIpc) is 2.84. The number of aryl methyl sites for hydroxylation is 1. The minimum absolute atomic E-state index is 0.0580. The van der Waals surface area contributed by atoms with Crippen molar-refractivity contribution in [3.8, 4) is 5.75 Å². The molecule has 0 aliphatic rings. The summed E-state index contributed by atoms with van der Waals surface area (Å²) in [5.74, 6) is -0.732. The van der Waals surface area contributed by atoms with E-state index >= 15 is 0 Å². The maximum absolute atomic E-state index is 12.8. The number of nitrogens with zero attached hydrogens (tertiary/aromatic N) is 1. The Labute approximate surface area is 221 Å². The third kappa shape index (κ3) is 8.52. The van der Waals surface area contributed by atoms with Gasteiger partial charge in [-0.1, -0.05) is 49.2 Å². The van der Waals surface area contributed by atoms with Gasteiger partial charge in [0.2, 0.25) is 10.0 Å². The Balaban J connectivity index is 1.61. The fourth-order valence-corrected chi connectivity index (χ4v) is 4.70. The summed E-state index contributed by atoms with van der Waals surface area (Å²) in [6, 6.07) is 18.3. The van der Waals surface area contributed by atoms with Crippen LogP contribution in [-0.2, 0) is 14.8 Å². The van der Waals surface area contributed by atoms with Crippen LogP contribution >= 0.6 is 11.6 Å². The van der Waals surface area contributed by atoms with E-state index in [-0.39, 0.29) is 10.8 Å². The summed E-state index contributed by atoms with van der Waals surface area (Å²) in [5.41, 5.74) is 4.28. The number of hydrogen-bond acceptors (Lipinski definition) is 6. The van der Waals surface area contributed by atoms with E-state index in [1.54, 1.807) is 54.6 Å². The van der Waals surface area contributed by atoms with E-state index in [4.69, 9.17) is 16.3 Å². The summed E-state index contributed by atoms with van der Waals surface area (Å²) in [5, 5.41) is 4.38. The van der Waals surface area contributed by atoms with E-state index in [0.29, 0.717) is 28.3 Å². The van der Waals surface area contributed by atoms with Crippen molar-refractivity contribution in [3.05, 3.63) is 94.5 Å². The number of hydrogen-bond donors (Lipinski definition) is 2. The van der Waals surface area contributed by atoms with Crippen LogP contribution in [0.2, 0.25) is 5.02 Å². The van der Waals surface area contributed by atoms with Gasteiger partial charge in [-0.2, -0.15) is 9.82 Å². The highest BCUT2D eigenvalue weighted by molar-refractivity contribution is 7.89. The number of ether oxygens (including phenoxy) is 1. The van der Waals surface area contributed by atoms with Crippen molar-refractivity contribution in [2.45, 2.75) is 38.1 Å². The SMILES string of the molecule is Cc1ccc(S(=O)(=O)N[C@H](CC(C)C)C(=O)N/N=C\c2ccc(OC(=O)c3cccc(Cl)c3)cc2)cc1. The average molecular weight is 542 g/mol. The summed E-state index contributed by atoms with van der Waals surface area (Å²) in [6.07, 6.45) is 1.69. The van der Waals surface area contributed by atoms with Gasteiger partial charge in [0.25, 0.3) is 5.91 Å². The van der Waals surface area contributed by atoms with Crippen molar-refractivity contribution < 1.29 is 22.7 Å². The fraction of sp³-hybridized carbons (Fsp3) is 0.222. The van der Waals surface area contributed by atoms with Gasteiger partial charge in [-0.25, -0.2) is 18.6 Å². The van der Waals surface area contributed by atoms with Crippen molar-refractivity contribution in [1.82, 2.24) is 10.1 Å². The van der Waals surface area contributed by atoms with Crippen LogP contribution in [0.5, 0.6) is 5.75 Å². The second-order valence-electron chi connectivity index (χ2n) is 8.82. The van der Waals surface area contributed by atoms with Gasteiger partial charge in [0, 0.05) is 5.02 Å². The maximum Gasteiger partial charge on any atom is 0.343 e. The molecule has 194 valence electrons. The molecule has 0 aliphatic carbocycles. The third-order valence-corrected chi connectivity index (χ3v) is 6.91. The predicted molar refractivity (Wildman–Crippen MR) is 143 cm³/mol. The first kappa shape index (κ1) is 28.0. The van der Waals surface area contributed by atoms with Gasteiger partial charge in [-0.05, 0) is 79.4 Å². The predicted octanol–water partition coefficient (Wildman–Crippen LogP) is 4.71. The molecule has 0 aromatic heterocycles. The van der Waals surface area contributed by atoms with Crippen molar-refractivity contribution in [2.75, 3.05) is 0 Å². The first-order chi connectivity index (χ1) is 17.5. The molecule has 3 aromatic carbocycles. The zero-order valence-corrected chi connectivity index (χ0v) is 22.2. The molecule has 0 saturated carbocycles.